The first-order chi connectivity index (χ1) is 11.9. The summed E-state index contributed by atoms with van der Waals surface area (Å²) >= 11 is 12.2. The Labute approximate surface area is 156 Å². The first kappa shape index (κ1) is 17.8. The molecule has 0 bridgehead atoms. The van der Waals surface area contributed by atoms with Crippen LogP contribution < -0.4 is 10.2 Å². The summed E-state index contributed by atoms with van der Waals surface area (Å²) in [4.78, 5) is 26.6. The van der Waals surface area contributed by atoms with Gasteiger partial charge in [-0.2, -0.15) is 0 Å². The van der Waals surface area contributed by atoms with Crippen LogP contribution in [-0.2, 0) is 9.59 Å². The molecule has 1 aliphatic heterocycles. The second-order valence-corrected chi connectivity index (χ2v) is 7.10. The van der Waals surface area contributed by atoms with Gasteiger partial charge in [0.25, 0.3) is 0 Å². The molecule has 2 aromatic carbocycles. The molecule has 1 fully saturated rings. The standard InChI is InChI=1S/C19H18Cl2N2O2/c1-11-4-3-5-12(2)18(11)22-19(25)13-8-17(24)23(10-13)16-9-14(20)6-7-15(16)21/h3-7,9,13H,8,10H2,1-2H3,(H,22,25)/t13-/m1/s1. The van der Waals surface area contributed by atoms with Gasteiger partial charge in [0.1, 0.15) is 0 Å². The molecule has 1 saturated heterocycles. The van der Waals surface area contributed by atoms with Gasteiger partial charge in [-0.3, -0.25) is 9.59 Å². The van der Waals surface area contributed by atoms with E-state index in [-0.39, 0.29) is 24.8 Å². The third kappa shape index (κ3) is 3.65. The lowest BCUT2D eigenvalue weighted by molar-refractivity contribution is -0.122. The second kappa shape index (κ2) is 7.06. The number of para-hydroxylation sites is 1. The Morgan fingerprint density at radius 2 is 1.84 bits per heavy atom. The number of anilines is 2. The Bertz CT molecular complexity index is 831. The van der Waals surface area contributed by atoms with Crippen LogP contribution in [0.15, 0.2) is 36.4 Å². The highest BCUT2D eigenvalue weighted by Gasteiger charge is 2.36. The molecule has 0 aliphatic carbocycles. The van der Waals surface area contributed by atoms with E-state index in [4.69, 9.17) is 23.2 Å². The SMILES string of the molecule is Cc1cccc(C)c1NC(=O)[C@@H]1CC(=O)N(c2cc(Cl)ccc2Cl)C1. The Kier molecular flexibility index (Phi) is 5.02. The lowest BCUT2D eigenvalue weighted by atomic mass is 10.1. The van der Waals surface area contributed by atoms with E-state index in [2.05, 4.69) is 5.32 Å². The van der Waals surface area contributed by atoms with Gasteiger partial charge in [0.2, 0.25) is 11.8 Å². The number of nitrogens with one attached hydrogen (secondary N) is 1. The number of benzene rings is 2. The highest BCUT2D eigenvalue weighted by Crippen LogP contribution is 2.34. The molecule has 1 heterocycles. The van der Waals surface area contributed by atoms with E-state index in [1.165, 1.54) is 4.90 Å². The fraction of sp³-hybridized carbons (Fsp3) is 0.263. The Balaban J connectivity index is 1.78. The van der Waals surface area contributed by atoms with E-state index in [1.54, 1.807) is 18.2 Å². The van der Waals surface area contributed by atoms with E-state index in [9.17, 15) is 9.59 Å². The van der Waals surface area contributed by atoms with E-state index >= 15 is 0 Å². The summed E-state index contributed by atoms with van der Waals surface area (Å²) in [5.74, 6) is -0.723. The Morgan fingerprint density at radius 3 is 2.52 bits per heavy atom. The molecule has 1 aliphatic rings. The maximum absolute atomic E-state index is 12.6. The van der Waals surface area contributed by atoms with Gasteiger partial charge in [0.15, 0.2) is 0 Å². The quantitative estimate of drug-likeness (QED) is 0.850. The Morgan fingerprint density at radius 1 is 1.16 bits per heavy atom. The lowest BCUT2D eigenvalue weighted by Crippen LogP contribution is -2.28. The molecular formula is C19H18Cl2N2O2. The predicted octanol–water partition coefficient (Wildman–Crippen LogP) is 4.60. The van der Waals surface area contributed by atoms with Crippen LogP contribution in [0.25, 0.3) is 0 Å². The summed E-state index contributed by atoms with van der Waals surface area (Å²) in [5, 5.41) is 3.90. The molecule has 0 unspecified atom stereocenters. The van der Waals surface area contributed by atoms with Gasteiger partial charge < -0.3 is 10.2 Å². The maximum Gasteiger partial charge on any atom is 0.229 e. The summed E-state index contributed by atoms with van der Waals surface area (Å²) in [6.45, 7) is 4.18. The van der Waals surface area contributed by atoms with Gasteiger partial charge in [-0.25, -0.2) is 0 Å². The number of carbonyl (C=O) groups is 2. The van der Waals surface area contributed by atoms with Crippen molar-refractivity contribution in [2.24, 2.45) is 5.92 Å². The van der Waals surface area contributed by atoms with Gasteiger partial charge >= 0.3 is 0 Å². The van der Waals surface area contributed by atoms with Crippen molar-refractivity contribution in [3.8, 4) is 0 Å². The predicted molar refractivity (Wildman–Crippen MR) is 101 cm³/mol. The van der Waals surface area contributed by atoms with Crippen molar-refractivity contribution in [1.29, 1.82) is 0 Å². The van der Waals surface area contributed by atoms with E-state index in [1.807, 2.05) is 32.0 Å². The molecule has 0 radical (unpaired) electrons. The highest BCUT2D eigenvalue weighted by molar-refractivity contribution is 6.36. The minimum atomic E-state index is -0.429. The van der Waals surface area contributed by atoms with Crippen molar-refractivity contribution in [3.63, 3.8) is 0 Å². The molecule has 2 amide bonds. The van der Waals surface area contributed by atoms with Crippen LogP contribution in [0.2, 0.25) is 10.0 Å². The number of amides is 2. The summed E-state index contributed by atoms with van der Waals surface area (Å²) < 4.78 is 0. The average Bonchev–Trinajstić information content (AvgIpc) is 2.95. The normalized spacial score (nSPS) is 17.0. The van der Waals surface area contributed by atoms with Crippen molar-refractivity contribution in [1.82, 2.24) is 0 Å². The van der Waals surface area contributed by atoms with Crippen LogP contribution in [0.1, 0.15) is 17.5 Å². The molecule has 130 valence electrons. The molecule has 0 aromatic heterocycles. The number of nitrogens with zero attached hydrogens (tertiary/aromatic N) is 1. The van der Waals surface area contributed by atoms with Crippen molar-refractivity contribution in [2.45, 2.75) is 20.3 Å². The van der Waals surface area contributed by atoms with Crippen molar-refractivity contribution >= 4 is 46.4 Å². The zero-order chi connectivity index (χ0) is 18.1. The van der Waals surface area contributed by atoms with Gasteiger partial charge in [-0.1, -0.05) is 41.4 Å². The third-order valence-electron chi connectivity index (χ3n) is 4.42. The zero-order valence-electron chi connectivity index (χ0n) is 14.0. The molecule has 0 saturated carbocycles. The summed E-state index contributed by atoms with van der Waals surface area (Å²) in [6, 6.07) is 10.8. The molecule has 4 nitrogen and oxygen atoms in total. The number of hydrogen-bond donors (Lipinski definition) is 1. The molecule has 25 heavy (non-hydrogen) atoms. The van der Waals surface area contributed by atoms with Gasteiger partial charge in [0, 0.05) is 23.7 Å². The van der Waals surface area contributed by atoms with Crippen molar-refractivity contribution < 1.29 is 9.59 Å². The summed E-state index contributed by atoms with van der Waals surface area (Å²) in [6.07, 6.45) is 0.152. The molecule has 1 atom stereocenters. The average molecular weight is 377 g/mol. The largest absolute Gasteiger partial charge is 0.325 e. The minimum Gasteiger partial charge on any atom is -0.325 e. The Hall–Kier alpha value is -2.04. The van der Waals surface area contributed by atoms with Crippen LogP contribution in [0, 0.1) is 19.8 Å². The first-order valence-corrected chi connectivity index (χ1v) is 8.75. The fourth-order valence-corrected chi connectivity index (χ4v) is 3.43. The maximum atomic E-state index is 12.6. The molecule has 2 aromatic rings. The summed E-state index contributed by atoms with van der Waals surface area (Å²) in [5.41, 5.74) is 3.33. The molecule has 1 N–H and O–H groups in total. The van der Waals surface area contributed by atoms with Crippen molar-refractivity contribution in [2.75, 3.05) is 16.8 Å². The van der Waals surface area contributed by atoms with Gasteiger partial charge in [0.05, 0.1) is 16.6 Å². The van der Waals surface area contributed by atoms with Gasteiger partial charge in [-0.05, 0) is 43.2 Å². The van der Waals surface area contributed by atoms with Crippen LogP contribution in [0.3, 0.4) is 0 Å². The molecule has 6 heteroatoms. The van der Waals surface area contributed by atoms with E-state index in [0.717, 1.165) is 16.8 Å². The van der Waals surface area contributed by atoms with E-state index in [0.29, 0.717) is 15.7 Å². The fourth-order valence-electron chi connectivity index (χ4n) is 3.05. The number of aryl methyl sites for hydroxylation is 2. The monoisotopic (exact) mass is 376 g/mol. The smallest absolute Gasteiger partial charge is 0.229 e. The topological polar surface area (TPSA) is 49.4 Å². The second-order valence-electron chi connectivity index (χ2n) is 6.26. The first-order valence-electron chi connectivity index (χ1n) is 7.99. The highest BCUT2D eigenvalue weighted by atomic mass is 35.5. The van der Waals surface area contributed by atoms with E-state index < -0.39 is 5.92 Å². The number of hydrogen-bond acceptors (Lipinski definition) is 2. The molecule has 3 rings (SSSR count). The van der Waals surface area contributed by atoms with Crippen LogP contribution in [0.5, 0.6) is 0 Å². The minimum absolute atomic E-state index is 0.133. The lowest BCUT2D eigenvalue weighted by Gasteiger charge is -2.19. The number of halogens is 2. The van der Waals surface area contributed by atoms with Crippen molar-refractivity contribution in [3.05, 3.63) is 57.6 Å². The number of rotatable bonds is 3. The van der Waals surface area contributed by atoms with Crippen LogP contribution >= 0.6 is 23.2 Å². The molecular weight excluding hydrogens is 359 g/mol. The summed E-state index contributed by atoms with van der Waals surface area (Å²) in [7, 11) is 0. The molecule has 0 spiro atoms. The van der Waals surface area contributed by atoms with Gasteiger partial charge in [-0.15, -0.1) is 0 Å². The third-order valence-corrected chi connectivity index (χ3v) is 4.98. The zero-order valence-corrected chi connectivity index (χ0v) is 15.5. The van der Waals surface area contributed by atoms with Crippen LogP contribution in [-0.4, -0.2) is 18.4 Å². The number of carbonyl (C=O) groups excluding carboxylic acids is 2. The van der Waals surface area contributed by atoms with Crippen LogP contribution in [0.4, 0.5) is 11.4 Å².